The number of hydrogen-bond acceptors (Lipinski definition) is 2. The fourth-order valence-corrected chi connectivity index (χ4v) is 3.20. The zero-order chi connectivity index (χ0) is 15.5. The SMILES string of the molecule is C=C(C)C1CC=C(/C=N/S(=O)(=O)c2ccc(C)cc2)CC1. The van der Waals surface area contributed by atoms with E-state index in [1.807, 2.05) is 13.8 Å². The van der Waals surface area contributed by atoms with Gasteiger partial charge in [0.1, 0.15) is 0 Å². The van der Waals surface area contributed by atoms with Crippen LogP contribution in [-0.4, -0.2) is 14.6 Å². The Labute approximate surface area is 127 Å². The minimum Gasteiger partial charge on any atom is -0.199 e. The quantitative estimate of drug-likeness (QED) is 0.622. The van der Waals surface area contributed by atoms with Crippen LogP contribution in [0.1, 0.15) is 31.7 Å². The molecule has 0 saturated carbocycles. The lowest BCUT2D eigenvalue weighted by Gasteiger charge is -2.20. The van der Waals surface area contributed by atoms with E-state index in [-0.39, 0.29) is 4.90 Å². The first kappa shape index (κ1) is 15.7. The molecular weight excluding hydrogens is 282 g/mol. The van der Waals surface area contributed by atoms with E-state index in [2.05, 4.69) is 17.1 Å². The van der Waals surface area contributed by atoms with Gasteiger partial charge in [-0.2, -0.15) is 12.8 Å². The second-order valence-corrected chi connectivity index (χ2v) is 7.25. The maximum atomic E-state index is 12.1. The van der Waals surface area contributed by atoms with Crippen molar-refractivity contribution in [1.82, 2.24) is 0 Å². The predicted octanol–water partition coefficient (Wildman–Crippen LogP) is 4.06. The molecule has 0 fully saturated rings. The van der Waals surface area contributed by atoms with Crippen molar-refractivity contribution in [3.8, 4) is 0 Å². The third-order valence-corrected chi connectivity index (χ3v) is 5.07. The molecule has 112 valence electrons. The first-order chi connectivity index (χ1) is 9.88. The fourth-order valence-electron chi connectivity index (χ4n) is 2.33. The van der Waals surface area contributed by atoms with E-state index in [4.69, 9.17) is 0 Å². The molecule has 0 saturated heterocycles. The highest BCUT2D eigenvalue weighted by Crippen LogP contribution is 2.27. The molecule has 0 heterocycles. The van der Waals surface area contributed by atoms with Crippen molar-refractivity contribution in [3.63, 3.8) is 0 Å². The summed E-state index contributed by atoms with van der Waals surface area (Å²) in [7, 11) is -3.60. The molecule has 4 heteroatoms. The van der Waals surface area contributed by atoms with Crippen molar-refractivity contribution in [1.29, 1.82) is 0 Å². The second-order valence-electron chi connectivity index (χ2n) is 5.62. The Morgan fingerprint density at radius 2 is 2.00 bits per heavy atom. The van der Waals surface area contributed by atoms with Crippen molar-refractivity contribution < 1.29 is 8.42 Å². The van der Waals surface area contributed by atoms with E-state index in [9.17, 15) is 8.42 Å². The van der Waals surface area contributed by atoms with Crippen molar-refractivity contribution in [3.05, 3.63) is 53.6 Å². The first-order valence-electron chi connectivity index (χ1n) is 7.10. The average molecular weight is 303 g/mol. The van der Waals surface area contributed by atoms with Crippen LogP contribution in [0.4, 0.5) is 0 Å². The van der Waals surface area contributed by atoms with E-state index in [1.165, 1.54) is 11.8 Å². The number of aryl methyl sites for hydroxylation is 1. The highest BCUT2D eigenvalue weighted by molar-refractivity contribution is 7.90. The lowest BCUT2D eigenvalue weighted by Crippen LogP contribution is -2.07. The highest BCUT2D eigenvalue weighted by Gasteiger charge is 2.15. The van der Waals surface area contributed by atoms with Crippen LogP contribution in [0.5, 0.6) is 0 Å². The van der Waals surface area contributed by atoms with Crippen molar-refractivity contribution in [2.75, 3.05) is 0 Å². The molecule has 1 aliphatic carbocycles. The van der Waals surface area contributed by atoms with Gasteiger partial charge in [-0.3, -0.25) is 0 Å². The van der Waals surface area contributed by atoms with E-state index >= 15 is 0 Å². The van der Waals surface area contributed by atoms with Gasteiger partial charge in [-0.15, -0.1) is 0 Å². The van der Waals surface area contributed by atoms with Gasteiger partial charge >= 0.3 is 0 Å². The van der Waals surface area contributed by atoms with E-state index in [0.717, 1.165) is 30.4 Å². The summed E-state index contributed by atoms with van der Waals surface area (Å²) in [5.74, 6) is 0.510. The third-order valence-electron chi connectivity index (χ3n) is 3.82. The maximum Gasteiger partial charge on any atom is 0.282 e. The molecule has 21 heavy (non-hydrogen) atoms. The average Bonchev–Trinajstić information content (AvgIpc) is 2.46. The van der Waals surface area contributed by atoms with Gasteiger partial charge in [-0.25, -0.2) is 0 Å². The predicted molar refractivity (Wildman–Crippen MR) is 87.1 cm³/mol. The first-order valence-corrected chi connectivity index (χ1v) is 8.54. The lowest BCUT2D eigenvalue weighted by molar-refractivity contribution is 0.548. The lowest BCUT2D eigenvalue weighted by atomic mass is 9.86. The topological polar surface area (TPSA) is 46.5 Å². The van der Waals surface area contributed by atoms with E-state index < -0.39 is 10.0 Å². The Morgan fingerprint density at radius 3 is 2.52 bits per heavy atom. The van der Waals surface area contributed by atoms with E-state index in [1.54, 1.807) is 24.3 Å². The van der Waals surface area contributed by atoms with Gasteiger partial charge in [0.2, 0.25) is 0 Å². The molecule has 0 spiro atoms. The van der Waals surface area contributed by atoms with Crippen LogP contribution in [0.15, 0.2) is 57.4 Å². The highest BCUT2D eigenvalue weighted by atomic mass is 32.2. The van der Waals surface area contributed by atoms with Gasteiger partial charge in [-0.05, 0) is 56.7 Å². The molecule has 1 aromatic carbocycles. The summed E-state index contributed by atoms with van der Waals surface area (Å²) < 4.78 is 28.0. The summed E-state index contributed by atoms with van der Waals surface area (Å²) in [5, 5.41) is 0. The molecule has 0 radical (unpaired) electrons. The minimum absolute atomic E-state index is 0.237. The molecule has 0 N–H and O–H groups in total. The number of rotatable bonds is 4. The largest absolute Gasteiger partial charge is 0.282 e. The zero-order valence-electron chi connectivity index (χ0n) is 12.5. The Balaban J connectivity index is 2.10. The van der Waals surface area contributed by atoms with Crippen LogP contribution in [-0.2, 0) is 10.0 Å². The van der Waals surface area contributed by atoms with Crippen LogP contribution < -0.4 is 0 Å². The Hall–Kier alpha value is -1.68. The summed E-state index contributed by atoms with van der Waals surface area (Å²) >= 11 is 0. The maximum absolute atomic E-state index is 12.1. The smallest absolute Gasteiger partial charge is 0.199 e. The van der Waals surface area contributed by atoms with Gasteiger partial charge in [0.05, 0.1) is 4.90 Å². The summed E-state index contributed by atoms with van der Waals surface area (Å²) in [6, 6.07) is 6.74. The molecule has 0 aromatic heterocycles. The standard InChI is InChI=1S/C17H21NO2S/c1-13(2)16-8-6-15(7-9-16)12-18-21(19,20)17-10-4-14(3)5-11-17/h4-6,10-12,16H,1,7-9H2,2-3H3/b18-12+. The molecule has 1 unspecified atom stereocenters. The van der Waals surface area contributed by atoms with Crippen LogP contribution in [0.2, 0.25) is 0 Å². The number of sulfonamides is 1. The van der Waals surface area contributed by atoms with E-state index in [0.29, 0.717) is 5.92 Å². The molecule has 0 aliphatic heterocycles. The van der Waals surface area contributed by atoms with Crippen LogP contribution in [0, 0.1) is 12.8 Å². The Morgan fingerprint density at radius 1 is 1.33 bits per heavy atom. The Kier molecular flexibility index (Phi) is 4.78. The summed E-state index contributed by atoms with van der Waals surface area (Å²) in [6.07, 6.45) is 6.34. The van der Waals surface area contributed by atoms with Crippen LogP contribution >= 0.6 is 0 Å². The van der Waals surface area contributed by atoms with Gasteiger partial charge in [0.25, 0.3) is 10.0 Å². The molecular formula is C17H21NO2S. The van der Waals surface area contributed by atoms with Crippen molar-refractivity contribution >= 4 is 16.2 Å². The molecule has 1 aliphatic rings. The van der Waals surface area contributed by atoms with Crippen molar-refractivity contribution in [2.24, 2.45) is 10.3 Å². The van der Waals surface area contributed by atoms with Crippen LogP contribution in [0.25, 0.3) is 0 Å². The monoisotopic (exact) mass is 303 g/mol. The Bertz CT molecular complexity index is 682. The summed E-state index contributed by atoms with van der Waals surface area (Å²) in [5.41, 5.74) is 3.21. The number of benzene rings is 1. The molecule has 1 atom stereocenters. The molecule has 3 nitrogen and oxygen atoms in total. The molecule has 1 aromatic rings. The number of hydrogen-bond donors (Lipinski definition) is 0. The third kappa shape index (κ3) is 4.14. The summed E-state index contributed by atoms with van der Waals surface area (Å²) in [6.45, 7) is 7.94. The minimum atomic E-state index is -3.60. The van der Waals surface area contributed by atoms with Gasteiger partial charge in [0, 0.05) is 6.21 Å². The van der Waals surface area contributed by atoms with Crippen LogP contribution in [0.3, 0.4) is 0 Å². The van der Waals surface area contributed by atoms with Crippen molar-refractivity contribution in [2.45, 2.75) is 38.0 Å². The zero-order valence-corrected chi connectivity index (χ0v) is 13.4. The summed E-state index contributed by atoms with van der Waals surface area (Å²) in [4.78, 5) is 0.237. The number of allylic oxidation sites excluding steroid dienone is 3. The second kappa shape index (κ2) is 6.39. The van der Waals surface area contributed by atoms with Gasteiger partial charge < -0.3 is 0 Å². The molecule has 2 rings (SSSR count). The van der Waals surface area contributed by atoms with Gasteiger partial charge in [-0.1, -0.05) is 35.9 Å². The normalized spacial score (nSPS) is 19.5. The fraction of sp³-hybridized carbons (Fsp3) is 0.353. The van der Waals surface area contributed by atoms with Gasteiger partial charge in [0.15, 0.2) is 0 Å². The molecule has 0 bridgehead atoms. The number of nitrogens with zero attached hydrogens (tertiary/aromatic N) is 1. The molecule has 0 amide bonds.